The number of hydrogen-bond acceptors (Lipinski definition) is 3. The number of carbonyl (C=O) groups is 1. The van der Waals surface area contributed by atoms with Gasteiger partial charge in [0.1, 0.15) is 0 Å². The van der Waals surface area contributed by atoms with Crippen molar-refractivity contribution in [2.24, 2.45) is 0 Å². The molecule has 0 aliphatic heterocycles. The Labute approximate surface area is 80.6 Å². The van der Waals surface area contributed by atoms with E-state index in [1.54, 1.807) is 6.07 Å². The molecule has 0 atom stereocenters. The average molecular weight is 201 g/mol. The topological polar surface area (TPSA) is 57.5 Å². The maximum atomic E-state index is 10.7. The number of aliphatic hydroxyl groups excluding tert-OH is 2. The number of aliphatic hydroxyl groups is 2. The van der Waals surface area contributed by atoms with Crippen LogP contribution in [0.5, 0.6) is 0 Å². The van der Waals surface area contributed by atoms with Gasteiger partial charge >= 0.3 is 0 Å². The molecular formula is C9H9ClO3. The van der Waals surface area contributed by atoms with E-state index >= 15 is 0 Å². The summed E-state index contributed by atoms with van der Waals surface area (Å²) in [7, 11) is 0. The van der Waals surface area contributed by atoms with Crippen molar-refractivity contribution in [3.63, 3.8) is 0 Å². The van der Waals surface area contributed by atoms with Crippen molar-refractivity contribution in [1.82, 2.24) is 0 Å². The molecule has 0 fully saturated rings. The van der Waals surface area contributed by atoms with Crippen LogP contribution in [0.1, 0.15) is 21.5 Å². The van der Waals surface area contributed by atoms with E-state index in [0.29, 0.717) is 16.7 Å². The Morgan fingerprint density at radius 3 is 2.31 bits per heavy atom. The molecule has 0 radical (unpaired) electrons. The fourth-order valence-corrected chi connectivity index (χ4v) is 1.17. The summed E-state index contributed by atoms with van der Waals surface area (Å²) in [6.45, 7) is -0.374. The predicted octanol–water partition coefficient (Wildman–Crippen LogP) is 1.05. The summed E-state index contributed by atoms with van der Waals surface area (Å²) in [6.07, 6.45) is 0. The maximum absolute atomic E-state index is 10.7. The summed E-state index contributed by atoms with van der Waals surface area (Å²) in [5.41, 5.74) is 1.45. The van der Waals surface area contributed by atoms with E-state index in [-0.39, 0.29) is 13.2 Å². The summed E-state index contributed by atoms with van der Waals surface area (Å²) in [6, 6.07) is 4.56. The lowest BCUT2D eigenvalue weighted by atomic mass is 10.1. The van der Waals surface area contributed by atoms with E-state index < -0.39 is 5.24 Å². The molecule has 0 heterocycles. The van der Waals surface area contributed by atoms with Gasteiger partial charge in [-0.15, -0.1) is 0 Å². The molecule has 2 N–H and O–H groups in total. The zero-order valence-electron chi connectivity index (χ0n) is 6.83. The van der Waals surface area contributed by atoms with Crippen molar-refractivity contribution in [2.45, 2.75) is 13.2 Å². The second kappa shape index (κ2) is 4.37. The Morgan fingerprint density at radius 1 is 1.23 bits per heavy atom. The second-order valence-corrected chi connectivity index (χ2v) is 2.92. The van der Waals surface area contributed by atoms with Crippen molar-refractivity contribution < 1.29 is 15.0 Å². The quantitative estimate of drug-likeness (QED) is 0.718. The van der Waals surface area contributed by atoms with Gasteiger partial charge in [0.25, 0.3) is 5.24 Å². The minimum Gasteiger partial charge on any atom is -0.392 e. The molecule has 13 heavy (non-hydrogen) atoms. The first-order valence-electron chi connectivity index (χ1n) is 3.72. The summed E-state index contributed by atoms with van der Waals surface area (Å²) in [5, 5.41) is 17.2. The van der Waals surface area contributed by atoms with E-state index in [2.05, 4.69) is 0 Å². The van der Waals surface area contributed by atoms with Gasteiger partial charge in [0.05, 0.1) is 13.2 Å². The van der Waals surface area contributed by atoms with Gasteiger partial charge < -0.3 is 10.2 Å². The van der Waals surface area contributed by atoms with Crippen molar-refractivity contribution >= 4 is 16.8 Å². The largest absolute Gasteiger partial charge is 0.392 e. The first-order valence-corrected chi connectivity index (χ1v) is 4.10. The van der Waals surface area contributed by atoms with E-state index in [1.165, 1.54) is 12.1 Å². The van der Waals surface area contributed by atoms with Crippen LogP contribution in [0.3, 0.4) is 0 Å². The van der Waals surface area contributed by atoms with Gasteiger partial charge in [0.15, 0.2) is 0 Å². The second-order valence-electron chi connectivity index (χ2n) is 2.57. The standard InChI is InChI=1S/C9H9ClO3/c10-9(13)6-1-2-7(4-11)8(3-6)5-12/h1-3,11-12H,4-5H2. The van der Waals surface area contributed by atoms with E-state index in [9.17, 15) is 4.79 Å². The molecule has 1 aromatic carbocycles. The monoisotopic (exact) mass is 200 g/mol. The number of benzene rings is 1. The molecule has 0 saturated carbocycles. The van der Waals surface area contributed by atoms with Crippen molar-refractivity contribution in [2.75, 3.05) is 0 Å². The highest BCUT2D eigenvalue weighted by Gasteiger charge is 2.06. The molecular weight excluding hydrogens is 192 g/mol. The molecule has 0 amide bonds. The number of rotatable bonds is 3. The summed E-state index contributed by atoms with van der Waals surface area (Å²) in [4.78, 5) is 10.7. The van der Waals surface area contributed by atoms with Gasteiger partial charge in [-0.1, -0.05) is 6.07 Å². The third-order valence-corrected chi connectivity index (χ3v) is 1.99. The molecule has 4 heteroatoms. The van der Waals surface area contributed by atoms with Gasteiger partial charge in [-0.25, -0.2) is 0 Å². The van der Waals surface area contributed by atoms with Crippen LogP contribution < -0.4 is 0 Å². The first-order chi connectivity index (χ1) is 6.19. The van der Waals surface area contributed by atoms with Crippen LogP contribution in [-0.2, 0) is 13.2 Å². The minimum absolute atomic E-state index is 0.160. The molecule has 0 aliphatic rings. The van der Waals surface area contributed by atoms with E-state index in [0.717, 1.165) is 0 Å². The van der Waals surface area contributed by atoms with Gasteiger partial charge in [0.2, 0.25) is 0 Å². The van der Waals surface area contributed by atoms with Crippen LogP contribution >= 0.6 is 11.6 Å². The third-order valence-electron chi connectivity index (χ3n) is 1.77. The van der Waals surface area contributed by atoms with Crippen molar-refractivity contribution in [3.8, 4) is 0 Å². The highest BCUT2D eigenvalue weighted by Crippen LogP contribution is 2.13. The Balaban J connectivity index is 3.13. The van der Waals surface area contributed by atoms with Crippen LogP contribution in [0.25, 0.3) is 0 Å². The highest BCUT2D eigenvalue weighted by molar-refractivity contribution is 6.67. The Bertz CT molecular complexity index is 323. The average Bonchev–Trinajstić information content (AvgIpc) is 2.16. The Morgan fingerprint density at radius 2 is 1.85 bits per heavy atom. The van der Waals surface area contributed by atoms with Crippen LogP contribution in [-0.4, -0.2) is 15.5 Å². The molecule has 0 unspecified atom stereocenters. The van der Waals surface area contributed by atoms with Crippen LogP contribution in [0.4, 0.5) is 0 Å². The number of halogens is 1. The summed E-state index contributed by atoms with van der Waals surface area (Å²) < 4.78 is 0. The maximum Gasteiger partial charge on any atom is 0.252 e. The lowest BCUT2D eigenvalue weighted by Gasteiger charge is -2.04. The van der Waals surface area contributed by atoms with Gasteiger partial charge in [-0.05, 0) is 34.9 Å². The Kier molecular flexibility index (Phi) is 3.42. The third kappa shape index (κ3) is 2.28. The molecule has 0 aliphatic carbocycles. The molecule has 3 nitrogen and oxygen atoms in total. The lowest BCUT2D eigenvalue weighted by Crippen LogP contribution is -1.97. The van der Waals surface area contributed by atoms with Gasteiger partial charge in [-0.3, -0.25) is 4.79 Å². The van der Waals surface area contributed by atoms with Crippen molar-refractivity contribution in [1.29, 1.82) is 0 Å². The van der Waals surface area contributed by atoms with Crippen molar-refractivity contribution in [3.05, 3.63) is 34.9 Å². The van der Waals surface area contributed by atoms with Gasteiger partial charge in [0, 0.05) is 5.56 Å². The van der Waals surface area contributed by atoms with E-state index in [1.807, 2.05) is 0 Å². The molecule has 0 aromatic heterocycles. The summed E-state index contributed by atoms with van der Waals surface area (Å²) in [5.74, 6) is 0. The number of hydrogen-bond donors (Lipinski definition) is 2. The number of carbonyl (C=O) groups excluding carboxylic acids is 1. The zero-order valence-corrected chi connectivity index (χ0v) is 7.58. The normalized spacial score (nSPS) is 10.1. The first kappa shape index (κ1) is 10.2. The molecule has 0 bridgehead atoms. The van der Waals surface area contributed by atoms with Crippen LogP contribution in [0.15, 0.2) is 18.2 Å². The van der Waals surface area contributed by atoms with Crippen LogP contribution in [0.2, 0.25) is 0 Å². The molecule has 1 rings (SSSR count). The van der Waals surface area contributed by atoms with E-state index in [4.69, 9.17) is 21.8 Å². The van der Waals surface area contributed by atoms with Gasteiger partial charge in [-0.2, -0.15) is 0 Å². The molecule has 1 aromatic rings. The van der Waals surface area contributed by atoms with Crippen LogP contribution in [0, 0.1) is 0 Å². The molecule has 0 saturated heterocycles. The SMILES string of the molecule is O=C(Cl)c1ccc(CO)c(CO)c1. The highest BCUT2D eigenvalue weighted by atomic mass is 35.5. The Hall–Kier alpha value is -0.900. The fraction of sp³-hybridized carbons (Fsp3) is 0.222. The molecule has 70 valence electrons. The minimum atomic E-state index is -0.570. The smallest absolute Gasteiger partial charge is 0.252 e. The lowest BCUT2D eigenvalue weighted by molar-refractivity contribution is 0.108. The molecule has 0 spiro atoms. The summed E-state index contributed by atoms with van der Waals surface area (Å²) >= 11 is 5.24. The predicted molar refractivity (Wildman–Crippen MR) is 48.5 cm³/mol. The fourth-order valence-electron chi connectivity index (χ4n) is 1.05. The zero-order chi connectivity index (χ0) is 9.84.